The summed E-state index contributed by atoms with van der Waals surface area (Å²) in [5.74, 6) is 0.427. The maximum Gasteiger partial charge on any atom is 0.0587 e. The molecule has 2 rings (SSSR count). The van der Waals surface area contributed by atoms with Crippen LogP contribution in [-0.2, 0) is 6.42 Å². The summed E-state index contributed by atoms with van der Waals surface area (Å²) in [5.41, 5.74) is 0. The van der Waals surface area contributed by atoms with Gasteiger partial charge in [0.15, 0.2) is 0 Å². The molecule has 0 aliphatic rings. The monoisotopic (exact) mass is 295 g/mol. The summed E-state index contributed by atoms with van der Waals surface area (Å²) in [7, 11) is 0. The van der Waals surface area contributed by atoms with Crippen molar-refractivity contribution in [1.82, 2.24) is 5.32 Å². The van der Waals surface area contributed by atoms with Gasteiger partial charge in [0.25, 0.3) is 0 Å². The van der Waals surface area contributed by atoms with Crippen molar-refractivity contribution >= 4 is 22.7 Å². The Bertz CT molecular complexity index is 450. The standard InChI is InChI=1S/C15H21NOS2/c1-11(2)14(10-17)16-13(15-6-4-8-19-15)9-12-5-3-7-18-12/h3-8,11,13-14,16-17H,9-10H2,1-2H3/t13?,14-/m1/s1. The average Bonchev–Trinajstić information content (AvgIpc) is 3.06. The Balaban J connectivity index is 2.10. The number of thiophene rings is 2. The lowest BCUT2D eigenvalue weighted by Gasteiger charge is -2.26. The molecule has 0 aromatic carbocycles. The van der Waals surface area contributed by atoms with Crippen LogP contribution in [0, 0.1) is 5.92 Å². The van der Waals surface area contributed by atoms with Crippen LogP contribution in [0.2, 0.25) is 0 Å². The normalized spacial score (nSPS) is 14.7. The largest absolute Gasteiger partial charge is 0.395 e. The summed E-state index contributed by atoms with van der Waals surface area (Å²) in [6.45, 7) is 4.47. The summed E-state index contributed by atoms with van der Waals surface area (Å²) < 4.78 is 0. The Morgan fingerprint density at radius 3 is 2.42 bits per heavy atom. The number of aliphatic hydroxyl groups is 1. The van der Waals surface area contributed by atoms with Gasteiger partial charge in [-0.15, -0.1) is 22.7 Å². The van der Waals surface area contributed by atoms with Crippen LogP contribution in [0.25, 0.3) is 0 Å². The van der Waals surface area contributed by atoms with Gasteiger partial charge in [0.05, 0.1) is 6.61 Å². The van der Waals surface area contributed by atoms with Crippen LogP contribution in [0.15, 0.2) is 35.0 Å². The van der Waals surface area contributed by atoms with Crippen LogP contribution in [-0.4, -0.2) is 17.8 Å². The molecule has 0 saturated heterocycles. The van der Waals surface area contributed by atoms with E-state index in [-0.39, 0.29) is 12.6 Å². The molecule has 0 fully saturated rings. The first kappa shape index (κ1) is 14.7. The number of nitrogens with one attached hydrogen (secondary N) is 1. The van der Waals surface area contributed by atoms with Crippen molar-refractivity contribution in [1.29, 1.82) is 0 Å². The maximum absolute atomic E-state index is 9.51. The second-order valence-corrected chi connectivity index (χ2v) is 7.06. The second kappa shape index (κ2) is 7.20. The highest BCUT2D eigenvalue weighted by Crippen LogP contribution is 2.26. The number of aliphatic hydroxyl groups excluding tert-OH is 1. The topological polar surface area (TPSA) is 32.3 Å². The summed E-state index contributed by atoms with van der Waals surface area (Å²) in [5, 5.41) is 17.4. The zero-order valence-corrected chi connectivity index (χ0v) is 13.0. The summed E-state index contributed by atoms with van der Waals surface area (Å²) in [6, 6.07) is 8.97. The van der Waals surface area contributed by atoms with Gasteiger partial charge in [-0.3, -0.25) is 0 Å². The van der Waals surface area contributed by atoms with Crippen molar-refractivity contribution in [2.75, 3.05) is 6.61 Å². The molecule has 2 nitrogen and oxygen atoms in total. The molecule has 2 aromatic heterocycles. The highest BCUT2D eigenvalue weighted by molar-refractivity contribution is 7.10. The Morgan fingerprint density at radius 1 is 1.16 bits per heavy atom. The van der Waals surface area contributed by atoms with Crippen molar-refractivity contribution in [2.24, 2.45) is 5.92 Å². The minimum absolute atomic E-state index is 0.145. The fourth-order valence-corrected chi connectivity index (χ4v) is 3.61. The van der Waals surface area contributed by atoms with Gasteiger partial charge in [-0.2, -0.15) is 0 Å². The molecule has 1 unspecified atom stereocenters. The van der Waals surface area contributed by atoms with E-state index in [9.17, 15) is 5.11 Å². The van der Waals surface area contributed by atoms with Gasteiger partial charge in [-0.25, -0.2) is 0 Å². The summed E-state index contributed by atoms with van der Waals surface area (Å²) in [6.07, 6.45) is 0.987. The molecule has 2 aromatic rings. The lowest BCUT2D eigenvalue weighted by molar-refractivity contribution is 0.199. The van der Waals surface area contributed by atoms with E-state index in [0.717, 1.165) is 6.42 Å². The maximum atomic E-state index is 9.51. The zero-order chi connectivity index (χ0) is 13.7. The fourth-order valence-electron chi connectivity index (χ4n) is 2.08. The van der Waals surface area contributed by atoms with Gasteiger partial charge in [-0.1, -0.05) is 26.0 Å². The minimum atomic E-state index is 0.145. The highest BCUT2D eigenvalue weighted by Gasteiger charge is 2.20. The Kier molecular flexibility index (Phi) is 5.58. The third-order valence-electron chi connectivity index (χ3n) is 3.29. The van der Waals surface area contributed by atoms with E-state index in [4.69, 9.17) is 0 Å². The van der Waals surface area contributed by atoms with Crippen molar-refractivity contribution in [3.8, 4) is 0 Å². The van der Waals surface area contributed by atoms with E-state index in [1.165, 1.54) is 9.75 Å². The van der Waals surface area contributed by atoms with Gasteiger partial charge in [0, 0.05) is 28.3 Å². The number of hydrogen-bond donors (Lipinski definition) is 2. The average molecular weight is 295 g/mol. The lowest BCUT2D eigenvalue weighted by atomic mass is 10.0. The fraction of sp³-hybridized carbons (Fsp3) is 0.467. The van der Waals surface area contributed by atoms with Crippen LogP contribution >= 0.6 is 22.7 Å². The van der Waals surface area contributed by atoms with Crippen molar-refractivity contribution < 1.29 is 5.11 Å². The second-order valence-electron chi connectivity index (χ2n) is 5.05. The SMILES string of the molecule is CC(C)[C@@H](CO)NC(Cc1cccs1)c1cccs1. The minimum Gasteiger partial charge on any atom is -0.395 e. The van der Waals surface area contributed by atoms with E-state index in [0.29, 0.717) is 12.0 Å². The molecule has 2 N–H and O–H groups in total. The van der Waals surface area contributed by atoms with E-state index < -0.39 is 0 Å². The van der Waals surface area contributed by atoms with E-state index in [1.54, 1.807) is 22.7 Å². The molecule has 0 saturated carbocycles. The number of hydrogen-bond acceptors (Lipinski definition) is 4. The van der Waals surface area contributed by atoms with Crippen LogP contribution in [0.3, 0.4) is 0 Å². The van der Waals surface area contributed by atoms with Gasteiger partial charge in [-0.05, 0) is 28.8 Å². The molecule has 0 radical (unpaired) electrons. The van der Waals surface area contributed by atoms with Crippen LogP contribution < -0.4 is 5.32 Å². The Morgan fingerprint density at radius 2 is 1.89 bits per heavy atom. The lowest BCUT2D eigenvalue weighted by Crippen LogP contribution is -2.40. The molecule has 0 spiro atoms. The van der Waals surface area contributed by atoms with Crippen molar-refractivity contribution in [3.05, 3.63) is 44.8 Å². The zero-order valence-electron chi connectivity index (χ0n) is 11.4. The Hall–Kier alpha value is -0.680. The number of rotatable bonds is 7. The summed E-state index contributed by atoms with van der Waals surface area (Å²) in [4.78, 5) is 2.72. The Labute approximate surface area is 123 Å². The van der Waals surface area contributed by atoms with E-state index >= 15 is 0 Å². The predicted molar refractivity (Wildman–Crippen MR) is 83.9 cm³/mol. The molecule has 19 heavy (non-hydrogen) atoms. The first-order valence-corrected chi connectivity index (χ1v) is 8.39. The third-order valence-corrected chi connectivity index (χ3v) is 5.17. The van der Waals surface area contributed by atoms with Crippen LogP contribution in [0.5, 0.6) is 0 Å². The highest BCUT2D eigenvalue weighted by atomic mass is 32.1. The predicted octanol–water partition coefficient (Wildman–Crippen LogP) is 3.70. The van der Waals surface area contributed by atoms with E-state index in [1.807, 2.05) is 0 Å². The van der Waals surface area contributed by atoms with Crippen molar-refractivity contribution in [3.63, 3.8) is 0 Å². The van der Waals surface area contributed by atoms with Crippen LogP contribution in [0.4, 0.5) is 0 Å². The molecular weight excluding hydrogens is 274 g/mol. The van der Waals surface area contributed by atoms with E-state index in [2.05, 4.69) is 54.2 Å². The van der Waals surface area contributed by atoms with Crippen LogP contribution in [0.1, 0.15) is 29.6 Å². The molecule has 4 heteroatoms. The molecular formula is C15H21NOS2. The van der Waals surface area contributed by atoms with Crippen molar-refractivity contribution in [2.45, 2.75) is 32.4 Å². The van der Waals surface area contributed by atoms with Gasteiger partial charge < -0.3 is 10.4 Å². The molecule has 2 atom stereocenters. The molecule has 0 bridgehead atoms. The molecule has 0 aliphatic heterocycles. The quantitative estimate of drug-likeness (QED) is 0.816. The first-order chi connectivity index (χ1) is 9.20. The molecule has 2 heterocycles. The first-order valence-electron chi connectivity index (χ1n) is 6.63. The summed E-state index contributed by atoms with van der Waals surface area (Å²) >= 11 is 3.57. The third kappa shape index (κ3) is 4.14. The van der Waals surface area contributed by atoms with Gasteiger partial charge >= 0.3 is 0 Å². The molecule has 0 amide bonds. The van der Waals surface area contributed by atoms with Gasteiger partial charge in [0.2, 0.25) is 0 Å². The van der Waals surface area contributed by atoms with Gasteiger partial charge in [0.1, 0.15) is 0 Å². The smallest absolute Gasteiger partial charge is 0.0587 e. The molecule has 104 valence electrons. The molecule has 0 aliphatic carbocycles.